The lowest BCUT2D eigenvalue weighted by Gasteiger charge is -2.23. The Bertz CT molecular complexity index is 1050. The maximum Gasteiger partial charge on any atom is 0.226 e. The van der Waals surface area contributed by atoms with Gasteiger partial charge in [0.1, 0.15) is 11.8 Å². The van der Waals surface area contributed by atoms with E-state index in [1.807, 2.05) is 12.1 Å². The van der Waals surface area contributed by atoms with E-state index >= 15 is 0 Å². The Kier molecular flexibility index (Phi) is 4.22. The van der Waals surface area contributed by atoms with Gasteiger partial charge in [0.05, 0.1) is 12.7 Å². The monoisotopic (exact) mass is 360 g/mol. The maximum absolute atomic E-state index is 12.0. The zero-order chi connectivity index (χ0) is 18.8. The van der Waals surface area contributed by atoms with E-state index in [0.717, 1.165) is 11.1 Å². The summed E-state index contributed by atoms with van der Waals surface area (Å²) in [5.41, 5.74) is 2.29. The summed E-state index contributed by atoms with van der Waals surface area (Å²) in [5, 5.41) is 18.9. The highest BCUT2D eigenvalue weighted by molar-refractivity contribution is 5.94. The van der Waals surface area contributed by atoms with Crippen molar-refractivity contribution in [2.75, 3.05) is 12.4 Å². The van der Waals surface area contributed by atoms with Crippen molar-refractivity contribution in [3.63, 3.8) is 0 Å². The quantitative estimate of drug-likeness (QED) is 0.741. The van der Waals surface area contributed by atoms with Crippen molar-refractivity contribution in [3.8, 4) is 23.3 Å². The van der Waals surface area contributed by atoms with Crippen molar-refractivity contribution in [1.82, 2.24) is 10.2 Å². The number of hydrogen-bond acceptors (Lipinski definition) is 5. The van der Waals surface area contributed by atoms with Gasteiger partial charge >= 0.3 is 0 Å². The van der Waals surface area contributed by atoms with Gasteiger partial charge in [-0.3, -0.25) is 9.89 Å². The van der Waals surface area contributed by atoms with Crippen molar-refractivity contribution in [1.29, 1.82) is 5.26 Å². The van der Waals surface area contributed by atoms with Gasteiger partial charge in [0.25, 0.3) is 0 Å². The topological polar surface area (TPSA) is 100 Å². The molecular weight excluding hydrogens is 344 g/mol. The Morgan fingerprint density at radius 3 is 2.85 bits per heavy atom. The summed E-state index contributed by atoms with van der Waals surface area (Å²) < 4.78 is 11.4. The fraction of sp³-hybridized carbons (Fsp3) is 0.150. The number of nitrogens with zero attached hydrogens (tertiary/aromatic N) is 2. The third-order valence-corrected chi connectivity index (χ3v) is 4.51. The second-order valence-electron chi connectivity index (χ2n) is 6.11. The first-order valence-electron chi connectivity index (χ1n) is 8.38. The summed E-state index contributed by atoms with van der Waals surface area (Å²) in [7, 11) is 1.55. The largest absolute Gasteiger partial charge is 0.493 e. The number of aromatic amines is 1. The lowest BCUT2D eigenvalue weighted by atomic mass is 9.87. The van der Waals surface area contributed by atoms with Crippen LogP contribution in [0.1, 0.15) is 29.0 Å². The summed E-state index contributed by atoms with van der Waals surface area (Å²) in [6, 6.07) is 14.6. The first-order chi connectivity index (χ1) is 13.2. The van der Waals surface area contributed by atoms with Crippen LogP contribution in [0.5, 0.6) is 17.2 Å². The first-order valence-corrected chi connectivity index (χ1v) is 8.38. The summed E-state index contributed by atoms with van der Waals surface area (Å²) in [5.74, 6) is 1.83. The minimum absolute atomic E-state index is 0.0816. The summed E-state index contributed by atoms with van der Waals surface area (Å²) in [6.07, 6.45) is 2.12. The molecule has 1 aliphatic heterocycles. The molecule has 4 rings (SSSR count). The molecule has 0 saturated heterocycles. The molecule has 1 amide bonds. The molecule has 0 bridgehead atoms. The van der Waals surface area contributed by atoms with E-state index in [1.54, 1.807) is 43.6 Å². The van der Waals surface area contributed by atoms with E-state index in [-0.39, 0.29) is 11.8 Å². The molecule has 0 radical (unpaired) electrons. The molecule has 1 unspecified atom stereocenters. The standard InChI is InChI=1S/C20H16N4O3/c1-26-18-8-12(14-9-19(25)23-20-15(14)11-22-24-20)6-7-17(18)27-16-5-3-2-4-13(16)10-21/h2-8,11,14H,9H2,1H3,(H2,22,23,24,25). The third kappa shape index (κ3) is 3.09. The fourth-order valence-corrected chi connectivity index (χ4v) is 3.19. The van der Waals surface area contributed by atoms with Gasteiger partial charge in [-0.15, -0.1) is 0 Å². The van der Waals surface area contributed by atoms with E-state index in [2.05, 4.69) is 21.6 Å². The molecule has 7 nitrogen and oxygen atoms in total. The van der Waals surface area contributed by atoms with E-state index in [9.17, 15) is 10.1 Å². The molecule has 2 N–H and O–H groups in total. The Hall–Kier alpha value is -3.79. The maximum atomic E-state index is 12.0. The number of anilines is 1. The summed E-state index contributed by atoms with van der Waals surface area (Å²) in [4.78, 5) is 12.0. The number of carbonyl (C=O) groups is 1. The van der Waals surface area contributed by atoms with Gasteiger partial charge in [-0.05, 0) is 29.8 Å². The highest BCUT2D eigenvalue weighted by Gasteiger charge is 2.29. The summed E-state index contributed by atoms with van der Waals surface area (Å²) in [6.45, 7) is 0. The molecule has 27 heavy (non-hydrogen) atoms. The van der Waals surface area contributed by atoms with Crippen LogP contribution >= 0.6 is 0 Å². The number of carbonyl (C=O) groups excluding carboxylic acids is 1. The van der Waals surface area contributed by atoms with E-state index in [0.29, 0.717) is 35.1 Å². The zero-order valence-corrected chi connectivity index (χ0v) is 14.5. The normalized spacial score (nSPS) is 15.4. The number of benzene rings is 2. The molecule has 1 atom stereocenters. The van der Waals surface area contributed by atoms with Gasteiger partial charge in [0, 0.05) is 24.1 Å². The molecule has 0 aliphatic carbocycles. The Morgan fingerprint density at radius 2 is 2.04 bits per heavy atom. The number of fused-ring (bicyclic) bond motifs is 1. The van der Waals surface area contributed by atoms with Gasteiger partial charge in [-0.1, -0.05) is 18.2 Å². The molecule has 2 heterocycles. The molecule has 0 saturated carbocycles. The van der Waals surface area contributed by atoms with E-state index < -0.39 is 0 Å². The van der Waals surface area contributed by atoms with Gasteiger partial charge in [0.2, 0.25) is 5.91 Å². The predicted molar refractivity (Wildman–Crippen MR) is 97.9 cm³/mol. The number of methoxy groups -OCH3 is 1. The zero-order valence-electron chi connectivity index (χ0n) is 14.5. The number of ether oxygens (including phenoxy) is 2. The number of para-hydroxylation sites is 1. The van der Waals surface area contributed by atoms with Crippen LogP contribution in [-0.2, 0) is 4.79 Å². The van der Waals surface area contributed by atoms with Gasteiger partial charge in [0.15, 0.2) is 17.3 Å². The van der Waals surface area contributed by atoms with Crippen LogP contribution in [0.3, 0.4) is 0 Å². The molecule has 3 aromatic rings. The van der Waals surface area contributed by atoms with Crippen LogP contribution in [0.15, 0.2) is 48.7 Å². The van der Waals surface area contributed by atoms with E-state index in [4.69, 9.17) is 9.47 Å². The second-order valence-corrected chi connectivity index (χ2v) is 6.11. The number of aromatic nitrogens is 2. The van der Waals surface area contributed by atoms with Gasteiger partial charge in [-0.25, -0.2) is 0 Å². The number of H-pyrrole nitrogens is 1. The van der Waals surface area contributed by atoms with Crippen LogP contribution in [0.25, 0.3) is 0 Å². The average molecular weight is 360 g/mol. The molecule has 2 aromatic carbocycles. The highest BCUT2D eigenvalue weighted by Crippen LogP contribution is 2.40. The number of amides is 1. The SMILES string of the molecule is COc1cc(C2CC(=O)Nc3n[nH]cc32)ccc1Oc1ccccc1C#N. The smallest absolute Gasteiger partial charge is 0.226 e. The van der Waals surface area contributed by atoms with Crippen molar-refractivity contribution in [3.05, 3.63) is 65.4 Å². The second kappa shape index (κ2) is 6.84. The molecule has 1 aromatic heterocycles. The third-order valence-electron chi connectivity index (χ3n) is 4.51. The molecule has 0 fully saturated rings. The molecule has 134 valence electrons. The average Bonchev–Trinajstić information content (AvgIpc) is 3.16. The minimum atomic E-state index is -0.123. The number of rotatable bonds is 4. The van der Waals surface area contributed by atoms with Crippen LogP contribution in [0.2, 0.25) is 0 Å². The number of nitrogens with one attached hydrogen (secondary N) is 2. The highest BCUT2D eigenvalue weighted by atomic mass is 16.5. The van der Waals surface area contributed by atoms with Crippen molar-refractivity contribution < 1.29 is 14.3 Å². The van der Waals surface area contributed by atoms with E-state index in [1.165, 1.54) is 0 Å². The fourth-order valence-electron chi connectivity index (χ4n) is 3.19. The van der Waals surface area contributed by atoms with Gasteiger partial charge in [-0.2, -0.15) is 10.4 Å². The molecule has 0 spiro atoms. The lowest BCUT2D eigenvalue weighted by Crippen LogP contribution is -2.22. The van der Waals surface area contributed by atoms with Gasteiger partial charge < -0.3 is 14.8 Å². The minimum Gasteiger partial charge on any atom is -0.493 e. The van der Waals surface area contributed by atoms with Crippen LogP contribution < -0.4 is 14.8 Å². The van der Waals surface area contributed by atoms with Crippen LogP contribution in [-0.4, -0.2) is 23.2 Å². The Morgan fingerprint density at radius 1 is 1.19 bits per heavy atom. The Labute approximate surface area is 155 Å². The van der Waals surface area contributed by atoms with Crippen molar-refractivity contribution >= 4 is 11.7 Å². The number of hydrogen-bond donors (Lipinski definition) is 2. The van der Waals surface area contributed by atoms with Crippen molar-refractivity contribution in [2.24, 2.45) is 0 Å². The lowest BCUT2D eigenvalue weighted by molar-refractivity contribution is -0.116. The first kappa shape index (κ1) is 16.7. The molecular formula is C20H16N4O3. The molecule has 1 aliphatic rings. The van der Waals surface area contributed by atoms with Crippen molar-refractivity contribution in [2.45, 2.75) is 12.3 Å². The summed E-state index contributed by atoms with van der Waals surface area (Å²) >= 11 is 0. The van der Waals surface area contributed by atoms with Crippen LogP contribution in [0.4, 0.5) is 5.82 Å². The molecule has 7 heteroatoms. The predicted octanol–water partition coefficient (Wildman–Crippen LogP) is 3.56. The number of nitriles is 1. The Balaban J connectivity index is 1.69. The van der Waals surface area contributed by atoms with Crippen LogP contribution in [0, 0.1) is 11.3 Å².